The summed E-state index contributed by atoms with van der Waals surface area (Å²) in [5.41, 5.74) is 6.57. The Kier molecular flexibility index (Phi) is 8.12. The maximum atomic E-state index is 2.48. The normalized spacial score (nSPS) is 13.9. The summed E-state index contributed by atoms with van der Waals surface area (Å²) in [7, 11) is 2.16. The number of anilines is 1. The van der Waals surface area contributed by atoms with Crippen LogP contribution in [0.15, 0.2) is 53.9 Å². The van der Waals surface area contributed by atoms with E-state index in [2.05, 4.69) is 96.4 Å². The molecule has 1 saturated heterocycles. The van der Waals surface area contributed by atoms with Gasteiger partial charge in [-0.15, -0.1) is 0 Å². The van der Waals surface area contributed by atoms with Gasteiger partial charge in [-0.2, -0.15) is 4.57 Å². The van der Waals surface area contributed by atoms with Gasteiger partial charge in [0.2, 0.25) is 5.69 Å². The molecular weight excluding hydrogens is 499 g/mol. The molecule has 1 aromatic heterocycles. The van der Waals surface area contributed by atoms with Crippen molar-refractivity contribution >= 4 is 29.2 Å². The quantitative estimate of drug-likeness (QED) is 0.351. The van der Waals surface area contributed by atoms with Crippen LogP contribution in [0.25, 0.3) is 23.4 Å². The molecule has 2 heterocycles. The molecule has 4 rings (SSSR count). The highest BCUT2D eigenvalue weighted by Crippen LogP contribution is 2.24. The molecule has 0 atom stereocenters. The fourth-order valence-corrected chi connectivity index (χ4v) is 4.96. The van der Waals surface area contributed by atoms with Gasteiger partial charge in [0.05, 0.1) is 5.38 Å². The van der Waals surface area contributed by atoms with Crippen molar-refractivity contribution in [1.29, 1.82) is 0 Å². The molecule has 0 amide bonds. The summed E-state index contributed by atoms with van der Waals surface area (Å²) in [6, 6.07) is 18.0. The van der Waals surface area contributed by atoms with Gasteiger partial charge in [-0.1, -0.05) is 49.4 Å². The molecule has 2 nitrogen and oxygen atoms in total. The van der Waals surface area contributed by atoms with Crippen LogP contribution in [-0.2, 0) is 13.5 Å². The highest BCUT2D eigenvalue weighted by Gasteiger charge is 2.16. The molecule has 0 unspecified atom stereocenters. The van der Waals surface area contributed by atoms with Crippen molar-refractivity contribution in [2.75, 3.05) is 18.0 Å². The molecule has 0 N–H and O–H groups in total. The Morgan fingerprint density at radius 1 is 0.967 bits per heavy atom. The zero-order valence-corrected chi connectivity index (χ0v) is 21.1. The number of aromatic nitrogens is 1. The summed E-state index contributed by atoms with van der Waals surface area (Å²) in [4.78, 5) is 2.48. The van der Waals surface area contributed by atoms with E-state index >= 15 is 0 Å². The minimum atomic E-state index is 0. The summed E-state index contributed by atoms with van der Waals surface area (Å²) in [6.07, 6.45) is 8.22. The third-order valence-corrected chi connectivity index (χ3v) is 6.65. The fourth-order valence-electron chi connectivity index (χ4n) is 4.03. The molecule has 1 aliphatic heterocycles. The number of thiazole rings is 1. The first-order chi connectivity index (χ1) is 14.1. The van der Waals surface area contributed by atoms with Crippen LogP contribution in [0.1, 0.15) is 42.8 Å². The highest BCUT2D eigenvalue weighted by atomic mass is 127. The molecule has 158 valence electrons. The van der Waals surface area contributed by atoms with Crippen molar-refractivity contribution in [2.45, 2.75) is 33.1 Å². The van der Waals surface area contributed by atoms with E-state index in [0.717, 1.165) is 6.42 Å². The molecule has 0 bridgehead atoms. The highest BCUT2D eigenvalue weighted by molar-refractivity contribution is 7.10. The van der Waals surface area contributed by atoms with Crippen molar-refractivity contribution in [3.63, 3.8) is 0 Å². The number of benzene rings is 2. The van der Waals surface area contributed by atoms with Crippen LogP contribution in [0, 0.1) is 5.92 Å². The molecule has 0 aliphatic carbocycles. The smallest absolute Gasteiger partial charge is 0.261 e. The Morgan fingerprint density at radius 3 is 2.27 bits per heavy atom. The number of rotatable bonds is 6. The summed E-state index contributed by atoms with van der Waals surface area (Å²) in [5, 5.41) is 3.52. The number of hydrogen-bond donors (Lipinski definition) is 0. The lowest BCUT2D eigenvalue weighted by molar-refractivity contribution is -0.657. The van der Waals surface area contributed by atoms with Crippen molar-refractivity contribution in [1.82, 2.24) is 0 Å². The Hall–Kier alpha value is -1.66. The topological polar surface area (TPSA) is 7.12 Å². The second-order valence-corrected chi connectivity index (χ2v) is 9.32. The molecular formula is C26H31IN2S. The van der Waals surface area contributed by atoms with Gasteiger partial charge >= 0.3 is 0 Å². The van der Waals surface area contributed by atoms with E-state index in [1.54, 1.807) is 11.3 Å². The monoisotopic (exact) mass is 530 g/mol. The zero-order chi connectivity index (χ0) is 20.2. The summed E-state index contributed by atoms with van der Waals surface area (Å²) in [5.74, 6) is 0.694. The van der Waals surface area contributed by atoms with E-state index in [9.17, 15) is 0 Å². The first-order valence-electron chi connectivity index (χ1n) is 10.7. The van der Waals surface area contributed by atoms with E-state index < -0.39 is 0 Å². The molecule has 1 aliphatic rings. The van der Waals surface area contributed by atoms with Crippen LogP contribution < -0.4 is 33.4 Å². The van der Waals surface area contributed by atoms with Gasteiger partial charge in [-0.05, 0) is 66.6 Å². The molecule has 0 radical (unpaired) electrons. The van der Waals surface area contributed by atoms with Crippen LogP contribution in [-0.4, -0.2) is 13.1 Å². The van der Waals surface area contributed by atoms with Gasteiger partial charge in [0.25, 0.3) is 5.01 Å². The van der Waals surface area contributed by atoms with Gasteiger partial charge in [-0.25, -0.2) is 0 Å². The minimum absolute atomic E-state index is 0. The lowest BCUT2D eigenvalue weighted by Gasteiger charge is -2.17. The summed E-state index contributed by atoms with van der Waals surface area (Å²) >= 11 is 1.80. The molecule has 30 heavy (non-hydrogen) atoms. The third kappa shape index (κ3) is 5.52. The Bertz CT molecular complexity index is 965. The number of hydrogen-bond acceptors (Lipinski definition) is 2. The lowest BCUT2D eigenvalue weighted by atomic mass is 10.0. The first-order valence-corrected chi connectivity index (χ1v) is 11.6. The van der Waals surface area contributed by atoms with Crippen LogP contribution in [0.3, 0.4) is 0 Å². The maximum absolute atomic E-state index is 2.48. The van der Waals surface area contributed by atoms with Crippen molar-refractivity contribution in [3.8, 4) is 11.3 Å². The van der Waals surface area contributed by atoms with E-state index in [0.29, 0.717) is 5.92 Å². The third-order valence-electron chi connectivity index (χ3n) is 5.66. The standard InChI is InChI=1S/C26H31N2S.HI/c1-20(2)18-22-6-11-23(12-7-22)25-19-29-26(27(25)3)15-10-21-8-13-24(14-9-21)28-16-4-5-17-28;/h6-15,19-20H,4-5,16-18H2,1-3H3;1H/q+1;/p-1. The molecule has 0 spiro atoms. The van der Waals surface area contributed by atoms with Crippen molar-refractivity contribution in [2.24, 2.45) is 13.0 Å². The molecule has 4 heteroatoms. The van der Waals surface area contributed by atoms with E-state index in [1.807, 2.05) is 0 Å². The van der Waals surface area contributed by atoms with E-state index in [4.69, 9.17) is 0 Å². The van der Waals surface area contributed by atoms with Gasteiger partial charge in [0.1, 0.15) is 7.05 Å². The Labute approximate surface area is 202 Å². The molecule has 0 saturated carbocycles. The SMILES string of the molecule is CC(C)Cc1ccc(-c2csc(/C=C/c3ccc(N4CCCC4)cc3)[n+]2C)cc1.[I-]. The van der Waals surface area contributed by atoms with Gasteiger partial charge in [0.15, 0.2) is 0 Å². The molecule has 2 aromatic carbocycles. The fraction of sp³-hybridized carbons (Fsp3) is 0.346. The van der Waals surface area contributed by atoms with E-state index in [1.165, 1.54) is 59.0 Å². The van der Waals surface area contributed by atoms with Crippen LogP contribution in [0.4, 0.5) is 5.69 Å². The molecule has 1 fully saturated rings. The second kappa shape index (κ2) is 10.6. The predicted octanol–water partition coefficient (Wildman–Crippen LogP) is 3.21. The number of nitrogens with zero attached hydrogens (tertiary/aromatic N) is 2. The summed E-state index contributed by atoms with van der Waals surface area (Å²) in [6.45, 7) is 6.93. The van der Waals surface area contributed by atoms with Crippen molar-refractivity contribution < 1.29 is 28.5 Å². The number of halogens is 1. The Balaban J connectivity index is 0.00000256. The average molecular weight is 531 g/mol. The van der Waals surface area contributed by atoms with Crippen LogP contribution >= 0.6 is 11.3 Å². The largest absolute Gasteiger partial charge is 1.00 e. The average Bonchev–Trinajstić information content (AvgIpc) is 3.37. The zero-order valence-electron chi connectivity index (χ0n) is 18.1. The molecule has 3 aromatic rings. The van der Waals surface area contributed by atoms with Crippen LogP contribution in [0.2, 0.25) is 0 Å². The summed E-state index contributed by atoms with van der Waals surface area (Å²) < 4.78 is 2.29. The second-order valence-electron chi connectivity index (χ2n) is 8.43. The van der Waals surface area contributed by atoms with Gasteiger partial charge < -0.3 is 28.9 Å². The minimum Gasteiger partial charge on any atom is -1.00 e. The maximum Gasteiger partial charge on any atom is 0.261 e. The van der Waals surface area contributed by atoms with Crippen LogP contribution in [0.5, 0.6) is 0 Å². The first kappa shape index (κ1) is 23.0. The van der Waals surface area contributed by atoms with Crippen molar-refractivity contribution in [3.05, 3.63) is 70.0 Å². The predicted molar refractivity (Wildman–Crippen MR) is 126 cm³/mol. The van der Waals surface area contributed by atoms with E-state index in [-0.39, 0.29) is 24.0 Å². The van der Waals surface area contributed by atoms with Gasteiger partial charge in [-0.3, -0.25) is 0 Å². The lowest BCUT2D eigenvalue weighted by Crippen LogP contribution is -3.00. The Morgan fingerprint density at radius 2 is 1.63 bits per heavy atom. The van der Waals surface area contributed by atoms with Gasteiger partial charge in [0, 0.05) is 30.4 Å².